The van der Waals surface area contributed by atoms with Crippen molar-refractivity contribution in [1.82, 2.24) is 0 Å². The fourth-order valence-electron chi connectivity index (χ4n) is 1.69. The molecule has 0 fully saturated rings. The molecule has 2 rings (SSSR count). The van der Waals surface area contributed by atoms with Crippen molar-refractivity contribution in [2.75, 3.05) is 0 Å². The number of rotatable bonds is 2. The molecule has 4 heteroatoms. The first kappa shape index (κ1) is 11.1. The van der Waals surface area contributed by atoms with E-state index in [-0.39, 0.29) is 0 Å². The summed E-state index contributed by atoms with van der Waals surface area (Å²) in [6, 6.07) is 12.7. The predicted octanol–water partition coefficient (Wildman–Crippen LogP) is 2.60. The molecule has 0 aromatic heterocycles. The van der Waals surface area contributed by atoms with Crippen molar-refractivity contribution in [3.05, 3.63) is 55.0 Å². The molecule has 1 radical (unpaired) electrons. The van der Waals surface area contributed by atoms with E-state index in [1.54, 1.807) is 12.1 Å². The third kappa shape index (κ3) is 1.94. The Labute approximate surface area is 94.5 Å². The van der Waals surface area contributed by atoms with Crippen LogP contribution in [0.3, 0.4) is 0 Å². The summed E-state index contributed by atoms with van der Waals surface area (Å²) in [4.78, 5) is 0. The van der Waals surface area contributed by atoms with E-state index in [1.165, 1.54) is 0 Å². The zero-order chi connectivity index (χ0) is 11.8. The fraction of sp³-hybridized carbons (Fsp3) is 0.0833. The van der Waals surface area contributed by atoms with Crippen LogP contribution in [0.5, 0.6) is 0 Å². The second-order valence-corrected chi connectivity index (χ2v) is 5.17. The maximum absolute atomic E-state index is 11.1. The van der Waals surface area contributed by atoms with Gasteiger partial charge in [-0.1, -0.05) is 42.5 Å². The molecule has 0 aliphatic rings. The highest BCUT2D eigenvalue weighted by Gasteiger charge is 2.21. The summed E-state index contributed by atoms with van der Waals surface area (Å²) in [5.41, 5.74) is 0.514. The largest absolute Gasteiger partial charge is 0.285 e. The molecule has 1 atom stereocenters. The van der Waals surface area contributed by atoms with Crippen LogP contribution in [0.25, 0.3) is 10.8 Å². The molecule has 3 nitrogen and oxygen atoms in total. The minimum Gasteiger partial charge on any atom is -0.285 e. The minimum absolute atomic E-state index is 0.514. The lowest BCUT2D eigenvalue weighted by Gasteiger charge is -2.11. The van der Waals surface area contributed by atoms with E-state index in [9.17, 15) is 8.42 Å². The first-order chi connectivity index (χ1) is 7.50. The van der Waals surface area contributed by atoms with Gasteiger partial charge in [-0.2, -0.15) is 8.42 Å². The lowest BCUT2D eigenvalue weighted by molar-refractivity contribution is 0.476. The molecule has 2 aromatic carbocycles. The Morgan fingerprint density at radius 3 is 2.38 bits per heavy atom. The Morgan fingerprint density at radius 2 is 1.69 bits per heavy atom. The van der Waals surface area contributed by atoms with E-state index >= 15 is 0 Å². The van der Waals surface area contributed by atoms with Crippen LogP contribution in [-0.2, 0) is 10.1 Å². The smallest absolute Gasteiger partial charge is 0.272 e. The average Bonchev–Trinajstić information content (AvgIpc) is 2.26. The molecule has 0 amide bonds. The molecule has 0 saturated carbocycles. The summed E-state index contributed by atoms with van der Waals surface area (Å²) >= 11 is 0. The van der Waals surface area contributed by atoms with Gasteiger partial charge in [0.1, 0.15) is 5.25 Å². The molecule has 83 valence electrons. The van der Waals surface area contributed by atoms with Gasteiger partial charge in [-0.25, -0.2) is 0 Å². The first-order valence-electron chi connectivity index (χ1n) is 4.77. The predicted molar refractivity (Wildman–Crippen MR) is 63.6 cm³/mol. The standard InChI is InChI=1S/C12H11O3S/c1-9(16(13,14)15)11-8-4-6-10-5-2-3-7-12(10)11/h2-9H,1H2,(H,13,14,15). The highest BCUT2D eigenvalue weighted by Crippen LogP contribution is 2.27. The first-order valence-corrected chi connectivity index (χ1v) is 6.27. The van der Waals surface area contributed by atoms with Crippen molar-refractivity contribution in [2.24, 2.45) is 0 Å². The summed E-state index contributed by atoms with van der Waals surface area (Å²) in [5.74, 6) is 0. The number of fused-ring (bicyclic) bond motifs is 1. The summed E-state index contributed by atoms with van der Waals surface area (Å²) < 4.78 is 31.1. The third-order valence-electron chi connectivity index (χ3n) is 2.53. The molecule has 1 N–H and O–H groups in total. The van der Waals surface area contributed by atoms with Gasteiger partial charge in [0, 0.05) is 0 Å². The summed E-state index contributed by atoms with van der Waals surface area (Å²) in [5, 5.41) is 0.568. The van der Waals surface area contributed by atoms with Gasteiger partial charge in [-0.3, -0.25) is 4.55 Å². The molecule has 16 heavy (non-hydrogen) atoms. The van der Waals surface area contributed by atoms with E-state index in [0.29, 0.717) is 5.56 Å². The van der Waals surface area contributed by atoms with Crippen LogP contribution in [0.4, 0.5) is 0 Å². The highest BCUT2D eigenvalue weighted by molar-refractivity contribution is 7.86. The van der Waals surface area contributed by atoms with Crippen LogP contribution < -0.4 is 0 Å². The highest BCUT2D eigenvalue weighted by atomic mass is 32.2. The SMILES string of the molecule is [CH2]C(c1cccc2ccccc12)S(=O)(=O)O. The Balaban J connectivity index is 2.70. The molecule has 0 aliphatic heterocycles. The van der Waals surface area contributed by atoms with Crippen molar-refractivity contribution in [1.29, 1.82) is 0 Å². The lowest BCUT2D eigenvalue weighted by atomic mass is 10.0. The van der Waals surface area contributed by atoms with E-state index in [1.807, 2.05) is 30.3 Å². The van der Waals surface area contributed by atoms with Gasteiger partial charge >= 0.3 is 0 Å². The maximum atomic E-state index is 11.1. The summed E-state index contributed by atoms with van der Waals surface area (Å²) in [6.07, 6.45) is 0. The van der Waals surface area contributed by atoms with E-state index in [2.05, 4.69) is 6.92 Å². The second-order valence-electron chi connectivity index (χ2n) is 3.57. The van der Waals surface area contributed by atoms with Gasteiger partial charge < -0.3 is 0 Å². The van der Waals surface area contributed by atoms with Crippen LogP contribution in [0.15, 0.2) is 42.5 Å². The van der Waals surface area contributed by atoms with E-state index in [0.717, 1.165) is 10.8 Å². The minimum atomic E-state index is -4.16. The van der Waals surface area contributed by atoms with Crippen molar-refractivity contribution in [2.45, 2.75) is 5.25 Å². The molecular formula is C12H11O3S. The maximum Gasteiger partial charge on any atom is 0.272 e. The van der Waals surface area contributed by atoms with Crippen LogP contribution in [0, 0.1) is 6.92 Å². The molecule has 0 aliphatic carbocycles. The Kier molecular flexibility index (Phi) is 2.69. The average molecular weight is 235 g/mol. The van der Waals surface area contributed by atoms with Crippen LogP contribution >= 0.6 is 0 Å². The molecule has 2 aromatic rings. The quantitative estimate of drug-likeness (QED) is 0.814. The van der Waals surface area contributed by atoms with E-state index in [4.69, 9.17) is 4.55 Å². The molecular weight excluding hydrogens is 224 g/mol. The van der Waals surface area contributed by atoms with Gasteiger partial charge in [0.25, 0.3) is 10.1 Å². The van der Waals surface area contributed by atoms with Crippen LogP contribution in [0.1, 0.15) is 10.8 Å². The number of hydrogen-bond donors (Lipinski definition) is 1. The number of hydrogen-bond acceptors (Lipinski definition) is 2. The van der Waals surface area contributed by atoms with Gasteiger partial charge in [0.2, 0.25) is 0 Å². The van der Waals surface area contributed by atoms with Crippen molar-refractivity contribution >= 4 is 20.9 Å². The molecule has 0 bridgehead atoms. The normalized spacial score (nSPS) is 13.9. The van der Waals surface area contributed by atoms with Gasteiger partial charge in [0.05, 0.1) is 0 Å². The Morgan fingerprint density at radius 1 is 1.06 bits per heavy atom. The molecule has 1 unspecified atom stereocenters. The summed E-state index contributed by atoms with van der Waals surface area (Å²) in [6.45, 7) is 3.49. The Bertz CT molecular complexity index is 612. The lowest BCUT2D eigenvalue weighted by Crippen LogP contribution is -2.09. The molecule has 0 spiro atoms. The fourth-order valence-corrected chi connectivity index (χ4v) is 2.22. The van der Waals surface area contributed by atoms with Gasteiger partial charge in [0.15, 0.2) is 0 Å². The van der Waals surface area contributed by atoms with Crippen LogP contribution in [-0.4, -0.2) is 13.0 Å². The van der Waals surface area contributed by atoms with Gasteiger partial charge in [-0.15, -0.1) is 0 Å². The Hall–Kier alpha value is -1.39. The van der Waals surface area contributed by atoms with Crippen LogP contribution in [0.2, 0.25) is 0 Å². The third-order valence-corrected chi connectivity index (χ3v) is 3.50. The monoisotopic (exact) mass is 235 g/mol. The van der Waals surface area contributed by atoms with Crippen molar-refractivity contribution in [3.8, 4) is 0 Å². The number of benzene rings is 2. The van der Waals surface area contributed by atoms with E-state index < -0.39 is 15.4 Å². The van der Waals surface area contributed by atoms with Crippen molar-refractivity contribution in [3.63, 3.8) is 0 Å². The molecule has 0 saturated heterocycles. The topological polar surface area (TPSA) is 54.4 Å². The van der Waals surface area contributed by atoms with Crippen molar-refractivity contribution < 1.29 is 13.0 Å². The van der Waals surface area contributed by atoms with Gasteiger partial charge in [-0.05, 0) is 23.3 Å². The second kappa shape index (κ2) is 3.88. The summed E-state index contributed by atoms with van der Waals surface area (Å²) in [7, 11) is -4.16. The molecule has 0 heterocycles. The zero-order valence-corrected chi connectivity index (χ0v) is 9.31. The zero-order valence-electron chi connectivity index (χ0n) is 8.50.